The molecule has 1 saturated heterocycles. The van der Waals surface area contributed by atoms with Crippen molar-refractivity contribution in [2.75, 3.05) is 25.0 Å². The van der Waals surface area contributed by atoms with Crippen LogP contribution >= 0.6 is 0 Å². The minimum Gasteiger partial charge on any atom is -0.356 e. The molecule has 5 rings (SSSR count). The molecule has 1 aliphatic heterocycles. The molecule has 0 spiro atoms. The van der Waals surface area contributed by atoms with Gasteiger partial charge >= 0.3 is 0 Å². The van der Waals surface area contributed by atoms with E-state index in [0.29, 0.717) is 35.4 Å². The molecule has 0 radical (unpaired) electrons. The molecule has 8 nitrogen and oxygen atoms in total. The third-order valence-corrected chi connectivity index (χ3v) is 7.90. The van der Waals surface area contributed by atoms with Crippen molar-refractivity contribution in [3.63, 3.8) is 0 Å². The van der Waals surface area contributed by atoms with E-state index in [0.717, 1.165) is 11.3 Å². The second-order valence-corrected chi connectivity index (χ2v) is 10.6. The van der Waals surface area contributed by atoms with Gasteiger partial charge in [-0.05, 0) is 42.8 Å². The minimum absolute atomic E-state index is 0.0586. The van der Waals surface area contributed by atoms with Gasteiger partial charge in [-0.1, -0.05) is 42.5 Å². The summed E-state index contributed by atoms with van der Waals surface area (Å²) in [7, 11) is -1.90. The molecular weight excluding hydrogens is 474 g/mol. The fraction of sp³-hybridized carbons (Fsp3) is 0.222. The number of hydrogen-bond acceptors (Lipinski definition) is 6. The van der Waals surface area contributed by atoms with Crippen LogP contribution in [-0.2, 0) is 21.4 Å². The normalized spacial score (nSPS) is 16.5. The van der Waals surface area contributed by atoms with E-state index in [9.17, 15) is 13.2 Å². The highest BCUT2D eigenvalue weighted by molar-refractivity contribution is 7.89. The molecule has 0 aliphatic carbocycles. The molecule has 36 heavy (non-hydrogen) atoms. The van der Waals surface area contributed by atoms with Crippen LogP contribution in [0.5, 0.6) is 0 Å². The van der Waals surface area contributed by atoms with Crippen molar-refractivity contribution in [2.24, 2.45) is 0 Å². The van der Waals surface area contributed by atoms with Gasteiger partial charge in [-0.15, -0.1) is 0 Å². The number of carbonyl (C=O) groups excluding carboxylic acids is 1. The molecule has 1 N–H and O–H groups in total. The van der Waals surface area contributed by atoms with Crippen LogP contribution in [0.3, 0.4) is 0 Å². The average Bonchev–Trinajstić information content (AvgIpc) is 2.91. The van der Waals surface area contributed by atoms with Crippen molar-refractivity contribution < 1.29 is 13.2 Å². The smallest absolute Gasteiger partial charge is 0.244 e. The number of carbonyl (C=O) groups is 1. The number of aromatic nitrogens is 2. The summed E-state index contributed by atoms with van der Waals surface area (Å²) < 4.78 is 28.6. The third-order valence-electron chi connectivity index (χ3n) is 6.50. The lowest BCUT2D eigenvalue weighted by Crippen LogP contribution is -2.54. The van der Waals surface area contributed by atoms with Gasteiger partial charge in [-0.2, -0.15) is 0 Å². The first-order valence-corrected chi connectivity index (χ1v) is 13.2. The molecule has 1 fully saturated rings. The van der Waals surface area contributed by atoms with Gasteiger partial charge < -0.3 is 9.80 Å². The largest absolute Gasteiger partial charge is 0.356 e. The fourth-order valence-corrected chi connectivity index (χ4v) is 5.49. The first kappa shape index (κ1) is 23.9. The Kier molecular flexibility index (Phi) is 6.42. The van der Waals surface area contributed by atoms with E-state index >= 15 is 0 Å². The molecule has 0 bridgehead atoms. The maximum atomic E-state index is 13.0. The van der Waals surface area contributed by atoms with Gasteiger partial charge in [0.2, 0.25) is 15.9 Å². The zero-order valence-corrected chi connectivity index (χ0v) is 20.9. The number of sulfonamides is 1. The van der Waals surface area contributed by atoms with Crippen LogP contribution in [-0.4, -0.2) is 55.4 Å². The summed E-state index contributed by atoms with van der Waals surface area (Å²) in [6, 6.07) is 21.4. The highest BCUT2D eigenvalue weighted by Crippen LogP contribution is 2.30. The van der Waals surface area contributed by atoms with Crippen molar-refractivity contribution in [3.05, 3.63) is 84.6 Å². The number of piperazine rings is 1. The van der Waals surface area contributed by atoms with Crippen LogP contribution in [0.15, 0.2) is 83.9 Å². The molecule has 2 aromatic heterocycles. The Morgan fingerprint density at radius 2 is 1.81 bits per heavy atom. The number of nitrogens with zero attached hydrogens (tertiary/aromatic N) is 4. The van der Waals surface area contributed by atoms with Crippen molar-refractivity contribution in [2.45, 2.75) is 24.4 Å². The van der Waals surface area contributed by atoms with Crippen LogP contribution in [0.1, 0.15) is 12.5 Å². The SMILES string of the molecule is C[C@@H]1C(=O)N(C)CCN1c1ccnc2ccc(-c3cccc(S(=O)(=O)NCc4ccccc4)c3)nc12. The Morgan fingerprint density at radius 3 is 2.61 bits per heavy atom. The van der Waals surface area contributed by atoms with Crippen molar-refractivity contribution in [1.82, 2.24) is 19.6 Å². The number of pyridine rings is 2. The van der Waals surface area contributed by atoms with Crippen LogP contribution in [0.25, 0.3) is 22.3 Å². The lowest BCUT2D eigenvalue weighted by atomic mass is 10.1. The van der Waals surface area contributed by atoms with Gasteiger partial charge in [-0.3, -0.25) is 9.78 Å². The number of benzene rings is 2. The molecule has 9 heteroatoms. The van der Waals surface area contributed by atoms with Gasteiger partial charge in [0.05, 0.1) is 21.8 Å². The minimum atomic E-state index is -3.72. The maximum Gasteiger partial charge on any atom is 0.244 e. The number of hydrogen-bond donors (Lipinski definition) is 1. The highest BCUT2D eigenvalue weighted by atomic mass is 32.2. The highest BCUT2D eigenvalue weighted by Gasteiger charge is 2.30. The molecule has 0 unspecified atom stereocenters. The molecule has 2 aromatic carbocycles. The van der Waals surface area contributed by atoms with E-state index in [1.807, 2.05) is 68.6 Å². The quantitative estimate of drug-likeness (QED) is 0.435. The Morgan fingerprint density at radius 1 is 1.00 bits per heavy atom. The molecule has 1 atom stereocenters. The number of likely N-dealkylation sites (N-methyl/N-ethyl adjacent to an activating group) is 1. The van der Waals surface area contributed by atoms with E-state index in [1.54, 1.807) is 29.3 Å². The Labute approximate surface area is 210 Å². The van der Waals surface area contributed by atoms with E-state index in [1.165, 1.54) is 0 Å². The summed E-state index contributed by atoms with van der Waals surface area (Å²) >= 11 is 0. The molecule has 1 amide bonds. The van der Waals surface area contributed by atoms with Gasteiger partial charge in [0.15, 0.2) is 0 Å². The summed E-state index contributed by atoms with van der Waals surface area (Å²) in [6.45, 7) is 3.42. The van der Waals surface area contributed by atoms with Crippen LogP contribution in [0, 0.1) is 0 Å². The van der Waals surface area contributed by atoms with E-state index in [2.05, 4.69) is 14.6 Å². The van der Waals surface area contributed by atoms with Gasteiger partial charge in [0, 0.05) is 38.4 Å². The molecule has 184 valence electrons. The van der Waals surface area contributed by atoms with E-state index in [4.69, 9.17) is 4.98 Å². The topological polar surface area (TPSA) is 95.5 Å². The molecule has 4 aromatic rings. The standard InChI is InChI=1S/C27H27N5O3S/c1-19-27(33)31(2)15-16-32(19)25-13-14-28-24-12-11-23(30-26(24)25)21-9-6-10-22(17-21)36(34,35)29-18-20-7-4-3-5-8-20/h3-14,17,19,29H,15-16,18H2,1-2H3/t19-/m1/s1. The predicted molar refractivity (Wildman–Crippen MR) is 140 cm³/mol. The second-order valence-electron chi connectivity index (χ2n) is 8.86. The summed E-state index contributed by atoms with van der Waals surface area (Å²) in [4.78, 5) is 25.9. The average molecular weight is 502 g/mol. The van der Waals surface area contributed by atoms with Crippen molar-refractivity contribution in [1.29, 1.82) is 0 Å². The van der Waals surface area contributed by atoms with E-state index < -0.39 is 10.0 Å². The number of fused-ring (bicyclic) bond motifs is 1. The summed E-state index contributed by atoms with van der Waals surface area (Å²) in [6.07, 6.45) is 1.72. The summed E-state index contributed by atoms with van der Waals surface area (Å²) in [5, 5.41) is 0. The molecular formula is C27H27N5O3S. The molecule has 3 heterocycles. The van der Waals surface area contributed by atoms with Crippen molar-refractivity contribution >= 4 is 32.7 Å². The van der Waals surface area contributed by atoms with Gasteiger partial charge in [0.1, 0.15) is 11.6 Å². The Balaban J connectivity index is 1.47. The molecule has 1 aliphatic rings. The Bertz CT molecular complexity index is 1530. The van der Waals surface area contributed by atoms with Crippen LogP contribution < -0.4 is 9.62 Å². The van der Waals surface area contributed by atoms with Crippen LogP contribution in [0.4, 0.5) is 5.69 Å². The van der Waals surface area contributed by atoms with Crippen molar-refractivity contribution in [3.8, 4) is 11.3 Å². The van der Waals surface area contributed by atoms with Gasteiger partial charge in [0.25, 0.3) is 0 Å². The number of rotatable bonds is 6. The zero-order valence-electron chi connectivity index (χ0n) is 20.1. The Hall–Kier alpha value is -3.82. The van der Waals surface area contributed by atoms with Gasteiger partial charge in [-0.25, -0.2) is 18.1 Å². The summed E-state index contributed by atoms with van der Waals surface area (Å²) in [5.41, 5.74) is 4.41. The predicted octanol–water partition coefficient (Wildman–Crippen LogP) is 3.44. The first-order valence-electron chi connectivity index (χ1n) is 11.7. The number of amides is 1. The van der Waals surface area contributed by atoms with Crippen LogP contribution in [0.2, 0.25) is 0 Å². The zero-order chi connectivity index (χ0) is 25.3. The first-order chi connectivity index (χ1) is 17.3. The lowest BCUT2D eigenvalue weighted by molar-refractivity contribution is -0.132. The monoisotopic (exact) mass is 501 g/mol. The number of anilines is 1. The lowest BCUT2D eigenvalue weighted by Gasteiger charge is -2.39. The fourth-order valence-electron chi connectivity index (χ4n) is 4.43. The summed E-state index contributed by atoms with van der Waals surface area (Å²) in [5.74, 6) is 0.0586. The molecule has 0 saturated carbocycles. The number of nitrogens with one attached hydrogen (secondary N) is 1. The maximum absolute atomic E-state index is 13.0. The second kappa shape index (κ2) is 9.67. The van der Waals surface area contributed by atoms with E-state index in [-0.39, 0.29) is 23.4 Å². The third kappa shape index (κ3) is 4.67.